The first-order valence-electron chi connectivity index (χ1n) is 11.1. The molecule has 1 aromatic heterocycles. The van der Waals surface area contributed by atoms with Crippen LogP contribution in [0.15, 0.2) is 100 Å². The molecule has 172 valence electrons. The number of para-hydroxylation sites is 2. The number of amides is 2. The van der Waals surface area contributed by atoms with E-state index in [0.29, 0.717) is 34.4 Å². The van der Waals surface area contributed by atoms with Gasteiger partial charge in [0.1, 0.15) is 11.2 Å². The summed E-state index contributed by atoms with van der Waals surface area (Å²) in [7, 11) is 0. The van der Waals surface area contributed by atoms with Crippen LogP contribution >= 0.6 is 11.8 Å². The largest absolute Gasteiger partial charge is 0.431 e. The van der Waals surface area contributed by atoms with Crippen molar-refractivity contribution < 1.29 is 14.0 Å². The summed E-state index contributed by atoms with van der Waals surface area (Å²) in [5.41, 5.74) is 2.81. The summed E-state index contributed by atoms with van der Waals surface area (Å²) >= 11 is 1.22. The van der Waals surface area contributed by atoms with Gasteiger partial charge in [0.15, 0.2) is 5.58 Å². The van der Waals surface area contributed by atoms with Crippen molar-refractivity contribution in [1.82, 2.24) is 15.2 Å². The first-order valence-corrected chi connectivity index (χ1v) is 11.9. The van der Waals surface area contributed by atoms with Gasteiger partial charge in [0.05, 0.1) is 4.91 Å². The third kappa shape index (κ3) is 5.21. The topological polar surface area (TPSA) is 75.4 Å². The van der Waals surface area contributed by atoms with Crippen LogP contribution in [0.3, 0.4) is 0 Å². The number of thioether (sulfide) groups is 1. The van der Waals surface area contributed by atoms with E-state index in [-0.39, 0.29) is 17.5 Å². The van der Waals surface area contributed by atoms with Crippen molar-refractivity contribution in [1.29, 1.82) is 0 Å². The van der Waals surface area contributed by atoms with Gasteiger partial charge in [0.2, 0.25) is 0 Å². The lowest BCUT2D eigenvalue weighted by atomic mass is 10.1. The quantitative estimate of drug-likeness (QED) is 0.268. The Morgan fingerprint density at radius 2 is 1.44 bits per heavy atom. The summed E-state index contributed by atoms with van der Waals surface area (Å²) in [5, 5.41) is 3.28. The molecule has 4 rings (SSSR count). The highest BCUT2D eigenvalue weighted by Gasteiger charge is 2.25. The SMILES string of the molecule is CCN(CC)C(=O)/C(NC(=O)c1ccccc1)=C(/Sc1nc2ccccc2o1)c1ccccc1. The summed E-state index contributed by atoms with van der Waals surface area (Å²) in [6.07, 6.45) is 0. The molecule has 2 amide bonds. The smallest absolute Gasteiger partial charge is 0.271 e. The Balaban J connectivity index is 1.84. The van der Waals surface area contributed by atoms with Crippen LogP contribution in [0.25, 0.3) is 16.0 Å². The fourth-order valence-corrected chi connectivity index (χ4v) is 4.42. The number of nitrogens with one attached hydrogen (secondary N) is 1. The zero-order chi connectivity index (χ0) is 23.9. The third-order valence-electron chi connectivity index (χ3n) is 5.27. The van der Waals surface area contributed by atoms with E-state index in [2.05, 4.69) is 10.3 Å². The Morgan fingerprint density at radius 1 is 0.853 bits per heavy atom. The van der Waals surface area contributed by atoms with Crippen LogP contribution < -0.4 is 5.32 Å². The molecule has 6 nitrogen and oxygen atoms in total. The maximum Gasteiger partial charge on any atom is 0.271 e. The average Bonchev–Trinajstić information content (AvgIpc) is 3.30. The third-order valence-corrected chi connectivity index (χ3v) is 6.26. The van der Waals surface area contributed by atoms with E-state index in [4.69, 9.17) is 4.42 Å². The Labute approximate surface area is 202 Å². The maximum atomic E-state index is 13.6. The standard InChI is InChI=1S/C27H25N3O3S/c1-3-30(4-2)26(32)23(29-25(31)20-15-9-6-10-16-20)24(19-13-7-5-8-14-19)34-27-28-21-17-11-12-18-22(21)33-27/h5-18H,3-4H2,1-2H3,(H,29,31)/b24-23-. The first-order chi connectivity index (χ1) is 16.6. The minimum absolute atomic E-state index is 0.191. The molecule has 0 radical (unpaired) electrons. The Kier molecular flexibility index (Phi) is 7.44. The van der Waals surface area contributed by atoms with Crippen molar-refractivity contribution in [2.75, 3.05) is 13.1 Å². The normalized spacial score (nSPS) is 11.7. The van der Waals surface area contributed by atoms with Crippen molar-refractivity contribution in [3.05, 3.63) is 102 Å². The fraction of sp³-hybridized carbons (Fsp3) is 0.148. The van der Waals surface area contributed by atoms with Crippen molar-refractivity contribution in [2.24, 2.45) is 0 Å². The van der Waals surface area contributed by atoms with Crippen LogP contribution in [0, 0.1) is 0 Å². The summed E-state index contributed by atoms with van der Waals surface area (Å²) < 4.78 is 5.93. The van der Waals surface area contributed by atoms with Gasteiger partial charge in [-0.25, -0.2) is 4.98 Å². The van der Waals surface area contributed by atoms with Crippen LogP contribution in [-0.2, 0) is 4.79 Å². The molecule has 0 saturated heterocycles. The minimum atomic E-state index is -0.359. The van der Waals surface area contributed by atoms with Crippen molar-refractivity contribution in [3.8, 4) is 0 Å². The van der Waals surface area contributed by atoms with Crippen LogP contribution in [0.5, 0.6) is 0 Å². The summed E-state index contributed by atoms with van der Waals surface area (Å²) in [6, 6.07) is 25.8. The zero-order valence-corrected chi connectivity index (χ0v) is 19.8. The first kappa shape index (κ1) is 23.3. The summed E-state index contributed by atoms with van der Waals surface area (Å²) in [4.78, 5) is 33.6. The molecule has 0 saturated carbocycles. The number of rotatable bonds is 8. The highest BCUT2D eigenvalue weighted by atomic mass is 32.2. The zero-order valence-electron chi connectivity index (χ0n) is 19.0. The van der Waals surface area contributed by atoms with Crippen LogP contribution in [-0.4, -0.2) is 34.8 Å². The molecular formula is C27H25N3O3S. The summed E-state index contributed by atoms with van der Waals surface area (Å²) in [5.74, 6) is -0.626. The van der Waals surface area contributed by atoms with Gasteiger partial charge in [-0.15, -0.1) is 0 Å². The summed E-state index contributed by atoms with van der Waals surface area (Å²) in [6.45, 7) is 4.84. The number of likely N-dealkylation sites (N-methyl/N-ethyl adjacent to an activating group) is 1. The maximum absolute atomic E-state index is 13.6. The van der Waals surface area contributed by atoms with Gasteiger partial charge < -0.3 is 14.6 Å². The van der Waals surface area contributed by atoms with Crippen molar-refractivity contribution in [2.45, 2.75) is 19.1 Å². The highest BCUT2D eigenvalue weighted by molar-refractivity contribution is 8.08. The Hall–Kier alpha value is -3.84. The molecule has 1 N–H and O–H groups in total. The Bertz CT molecular complexity index is 1280. The van der Waals surface area contributed by atoms with Gasteiger partial charge in [-0.2, -0.15) is 0 Å². The monoisotopic (exact) mass is 471 g/mol. The van der Waals surface area contributed by atoms with E-state index in [0.717, 1.165) is 11.1 Å². The number of carbonyl (C=O) groups is 2. The molecule has 0 atom stereocenters. The number of fused-ring (bicyclic) bond motifs is 1. The molecule has 1 heterocycles. The second-order valence-corrected chi connectivity index (χ2v) is 8.38. The molecule has 0 spiro atoms. The van der Waals surface area contributed by atoms with E-state index >= 15 is 0 Å². The van der Waals surface area contributed by atoms with E-state index in [9.17, 15) is 9.59 Å². The van der Waals surface area contributed by atoms with Gasteiger partial charge in [-0.1, -0.05) is 60.7 Å². The van der Waals surface area contributed by atoms with Crippen molar-refractivity contribution in [3.63, 3.8) is 0 Å². The molecule has 34 heavy (non-hydrogen) atoms. The molecule has 0 unspecified atom stereocenters. The number of hydrogen-bond donors (Lipinski definition) is 1. The lowest BCUT2D eigenvalue weighted by Crippen LogP contribution is -2.38. The molecule has 4 aromatic rings. The number of carbonyl (C=O) groups excluding carboxylic acids is 2. The highest BCUT2D eigenvalue weighted by Crippen LogP contribution is 2.37. The Morgan fingerprint density at radius 3 is 2.06 bits per heavy atom. The molecule has 0 aliphatic heterocycles. The van der Waals surface area contributed by atoms with Gasteiger partial charge >= 0.3 is 0 Å². The lowest BCUT2D eigenvalue weighted by molar-refractivity contribution is -0.127. The van der Waals surface area contributed by atoms with Crippen molar-refractivity contribution >= 4 is 39.6 Å². The van der Waals surface area contributed by atoms with E-state index in [1.807, 2.05) is 74.5 Å². The van der Waals surface area contributed by atoms with Gasteiger partial charge in [-0.05, 0) is 55.4 Å². The average molecular weight is 472 g/mol. The van der Waals surface area contributed by atoms with Crippen LogP contribution in [0.4, 0.5) is 0 Å². The molecule has 0 bridgehead atoms. The van der Waals surface area contributed by atoms with Crippen LogP contribution in [0.1, 0.15) is 29.8 Å². The second kappa shape index (κ2) is 10.9. The number of aromatic nitrogens is 1. The van der Waals surface area contributed by atoms with Gasteiger partial charge in [0.25, 0.3) is 17.0 Å². The molecule has 7 heteroatoms. The predicted molar refractivity (Wildman–Crippen MR) is 135 cm³/mol. The number of hydrogen-bond acceptors (Lipinski definition) is 5. The van der Waals surface area contributed by atoms with Gasteiger partial charge in [-0.3, -0.25) is 9.59 Å². The van der Waals surface area contributed by atoms with Crippen LogP contribution in [0.2, 0.25) is 0 Å². The second-order valence-electron chi connectivity index (χ2n) is 7.42. The van der Waals surface area contributed by atoms with Gasteiger partial charge in [0, 0.05) is 18.7 Å². The number of nitrogens with zero attached hydrogens (tertiary/aromatic N) is 2. The minimum Gasteiger partial charge on any atom is -0.431 e. The number of oxazole rings is 1. The fourth-order valence-electron chi connectivity index (χ4n) is 3.48. The lowest BCUT2D eigenvalue weighted by Gasteiger charge is -2.23. The van der Waals surface area contributed by atoms with E-state index in [1.165, 1.54) is 11.8 Å². The van der Waals surface area contributed by atoms with E-state index in [1.54, 1.807) is 29.2 Å². The molecular weight excluding hydrogens is 446 g/mol. The number of benzene rings is 3. The molecule has 0 aliphatic rings. The molecule has 0 aliphatic carbocycles. The van der Waals surface area contributed by atoms with E-state index < -0.39 is 0 Å². The molecule has 0 fully saturated rings. The predicted octanol–water partition coefficient (Wildman–Crippen LogP) is 5.59. The molecule has 3 aromatic carbocycles.